The standard InChI is InChI=1S/C11H12N2O4/c1-16-6-3-4-7(8(5-6)17-2)9-10(14)13-11(15)12-9/h3-5,9H,1-2H3,(H2,12,13,14,15)/t9-/m1/s1. The van der Waals surface area contributed by atoms with Crippen LogP contribution in [0.4, 0.5) is 4.79 Å². The van der Waals surface area contributed by atoms with Gasteiger partial charge in [0.1, 0.15) is 17.5 Å². The first kappa shape index (κ1) is 11.3. The van der Waals surface area contributed by atoms with Crippen molar-refractivity contribution in [1.82, 2.24) is 10.6 Å². The van der Waals surface area contributed by atoms with Crippen LogP contribution >= 0.6 is 0 Å². The lowest BCUT2D eigenvalue weighted by atomic mass is 10.1. The Hall–Kier alpha value is -2.24. The molecule has 1 fully saturated rings. The average molecular weight is 236 g/mol. The molecule has 2 N–H and O–H groups in total. The molecule has 6 nitrogen and oxygen atoms in total. The second kappa shape index (κ2) is 4.32. The van der Waals surface area contributed by atoms with Crippen molar-refractivity contribution in [2.45, 2.75) is 6.04 Å². The van der Waals surface area contributed by atoms with Crippen molar-refractivity contribution in [3.8, 4) is 11.5 Å². The Bertz CT molecular complexity index is 473. The van der Waals surface area contributed by atoms with Crippen molar-refractivity contribution >= 4 is 11.9 Å². The Balaban J connectivity index is 2.38. The lowest BCUT2D eigenvalue weighted by Crippen LogP contribution is -2.22. The molecule has 1 atom stereocenters. The van der Waals surface area contributed by atoms with Gasteiger partial charge in [-0.05, 0) is 12.1 Å². The van der Waals surface area contributed by atoms with Gasteiger partial charge in [0.05, 0.1) is 14.2 Å². The van der Waals surface area contributed by atoms with Gasteiger partial charge in [0.15, 0.2) is 0 Å². The van der Waals surface area contributed by atoms with Crippen LogP contribution in [-0.4, -0.2) is 26.2 Å². The third-order valence-electron chi connectivity index (χ3n) is 2.53. The molecule has 1 aromatic carbocycles. The number of rotatable bonds is 3. The van der Waals surface area contributed by atoms with E-state index in [1.807, 2.05) is 0 Å². The van der Waals surface area contributed by atoms with Crippen LogP contribution in [-0.2, 0) is 4.79 Å². The van der Waals surface area contributed by atoms with E-state index in [1.165, 1.54) is 7.11 Å². The van der Waals surface area contributed by atoms with Crippen molar-refractivity contribution in [3.05, 3.63) is 23.8 Å². The third kappa shape index (κ3) is 2.01. The SMILES string of the molecule is COc1ccc([C@H]2NC(=O)NC2=O)c(OC)c1. The van der Waals surface area contributed by atoms with E-state index in [9.17, 15) is 9.59 Å². The predicted molar refractivity (Wildman–Crippen MR) is 59.0 cm³/mol. The maximum atomic E-state index is 11.5. The molecule has 0 saturated carbocycles. The average Bonchev–Trinajstić information content (AvgIpc) is 2.67. The highest BCUT2D eigenvalue weighted by Crippen LogP contribution is 2.30. The first-order valence-electron chi connectivity index (χ1n) is 4.99. The number of amides is 3. The molecule has 0 aromatic heterocycles. The Labute approximate surface area is 97.9 Å². The highest BCUT2D eigenvalue weighted by molar-refractivity contribution is 6.04. The van der Waals surface area contributed by atoms with E-state index in [0.717, 1.165) is 0 Å². The molecular formula is C11H12N2O4. The minimum atomic E-state index is -0.719. The molecule has 17 heavy (non-hydrogen) atoms. The van der Waals surface area contributed by atoms with E-state index in [-0.39, 0.29) is 0 Å². The fourth-order valence-corrected chi connectivity index (χ4v) is 1.69. The largest absolute Gasteiger partial charge is 0.497 e. The van der Waals surface area contributed by atoms with Crippen LogP contribution in [0.1, 0.15) is 11.6 Å². The highest BCUT2D eigenvalue weighted by atomic mass is 16.5. The summed E-state index contributed by atoms with van der Waals surface area (Å²) in [4.78, 5) is 22.6. The summed E-state index contributed by atoms with van der Waals surface area (Å²) in [5.41, 5.74) is 0.594. The van der Waals surface area contributed by atoms with Gasteiger partial charge < -0.3 is 14.8 Å². The maximum absolute atomic E-state index is 11.5. The van der Waals surface area contributed by atoms with Gasteiger partial charge in [0.2, 0.25) is 0 Å². The fourth-order valence-electron chi connectivity index (χ4n) is 1.69. The van der Waals surface area contributed by atoms with Gasteiger partial charge >= 0.3 is 6.03 Å². The topological polar surface area (TPSA) is 76.7 Å². The maximum Gasteiger partial charge on any atom is 0.322 e. The molecule has 0 spiro atoms. The number of imide groups is 1. The van der Waals surface area contributed by atoms with Crippen molar-refractivity contribution in [2.75, 3.05) is 14.2 Å². The van der Waals surface area contributed by atoms with Gasteiger partial charge in [0, 0.05) is 11.6 Å². The highest BCUT2D eigenvalue weighted by Gasteiger charge is 2.32. The molecule has 0 aliphatic carbocycles. The second-order valence-corrected chi connectivity index (χ2v) is 3.50. The number of carbonyl (C=O) groups excluding carboxylic acids is 2. The summed E-state index contributed by atoms with van der Waals surface area (Å²) in [6.07, 6.45) is 0. The Morgan fingerprint density at radius 3 is 2.47 bits per heavy atom. The van der Waals surface area contributed by atoms with E-state index in [2.05, 4.69) is 10.6 Å². The smallest absolute Gasteiger partial charge is 0.322 e. The molecule has 0 bridgehead atoms. The Kier molecular flexibility index (Phi) is 2.86. The van der Waals surface area contributed by atoms with E-state index in [4.69, 9.17) is 9.47 Å². The predicted octanol–water partition coefficient (Wildman–Crippen LogP) is 0.584. The summed E-state index contributed by atoms with van der Waals surface area (Å²) in [6.45, 7) is 0. The van der Waals surface area contributed by atoms with Gasteiger partial charge in [-0.2, -0.15) is 0 Å². The minimum Gasteiger partial charge on any atom is -0.497 e. The quantitative estimate of drug-likeness (QED) is 0.753. The molecular weight excluding hydrogens is 224 g/mol. The van der Waals surface area contributed by atoms with Crippen LogP contribution in [0.15, 0.2) is 18.2 Å². The van der Waals surface area contributed by atoms with Crippen LogP contribution in [0.25, 0.3) is 0 Å². The first-order valence-corrected chi connectivity index (χ1v) is 4.99. The summed E-state index contributed by atoms with van der Waals surface area (Å²) in [5, 5.41) is 4.68. The fraction of sp³-hybridized carbons (Fsp3) is 0.273. The van der Waals surface area contributed by atoms with Crippen molar-refractivity contribution in [3.63, 3.8) is 0 Å². The Morgan fingerprint density at radius 1 is 1.18 bits per heavy atom. The van der Waals surface area contributed by atoms with Crippen LogP contribution in [0.3, 0.4) is 0 Å². The van der Waals surface area contributed by atoms with Gasteiger partial charge in [-0.15, -0.1) is 0 Å². The molecule has 1 aliphatic heterocycles. The number of hydrogen-bond donors (Lipinski definition) is 2. The van der Waals surface area contributed by atoms with Crippen LogP contribution in [0.2, 0.25) is 0 Å². The number of methoxy groups -OCH3 is 2. The zero-order valence-electron chi connectivity index (χ0n) is 9.44. The van der Waals surface area contributed by atoms with Gasteiger partial charge in [-0.1, -0.05) is 0 Å². The molecule has 3 amide bonds. The number of carbonyl (C=O) groups is 2. The molecule has 1 aromatic rings. The monoisotopic (exact) mass is 236 g/mol. The normalized spacial score (nSPS) is 18.6. The number of ether oxygens (including phenoxy) is 2. The zero-order valence-corrected chi connectivity index (χ0v) is 9.44. The number of benzene rings is 1. The molecule has 1 saturated heterocycles. The summed E-state index contributed by atoms with van der Waals surface area (Å²) >= 11 is 0. The van der Waals surface area contributed by atoms with Gasteiger partial charge in [0.25, 0.3) is 5.91 Å². The van der Waals surface area contributed by atoms with E-state index in [1.54, 1.807) is 25.3 Å². The van der Waals surface area contributed by atoms with Crippen LogP contribution in [0.5, 0.6) is 11.5 Å². The molecule has 0 radical (unpaired) electrons. The number of nitrogens with one attached hydrogen (secondary N) is 2. The lowest BCUT2D eigenvalue weighted by molar-refractivity contribution is -0.120. The van der Waals surface area contributed by atoms with E-state index >= 15 is 0 Å². The summed E-state index contributed by atoms with van der Waals surface area (Å²) in [6, 6.07) is 3.83. The van der Waals surface area contributed by atoms with Crippen molar-refractivity contribution < 1.29 is 19.1 Å². The van der Waals surface area contributed by atoms with Crippen molar-refractivity contribution in [2.24, 2.45) is 0 Å². The third-order valence-corrected chi connectivity index (χ3v) is 2.53. The van der Waals surface area contributed by atoms with Gasteiger partial charge in [-0.3, -0.25) is 10.1 Å². The zero-order chi connectivity index (χ0) is 12.4. The van der Waals surface area contributed by atoms with Crippen LogP contribution < -0.4 is 20.1 Å². The molecule has 0 unspecified atom stereocenters. The summed E-state index contributed by atoms with van der Waals surface area (Å²) < 4.78 is 10.2. The minimum absolute atomic E-state index is 0.390. The summed E-state index contributed by atoms with van der Waals surface area (Å²) in [5.74, 6) is 0.723. The first-order chi connectivity index (χ1) is 8.15. The molecule has 2 rings (SSSR count). The molecule has 6 heteroatoms. The van der Waals surface area contributed by atoms with Gasteiger partial charge in [-0.25, -0.2) is 4.79 Å². The second-order valence-electron chi connectivity index (χ2n) is 3.50. The molecule has 1 aliphatic rings. The number of urea groups is 1. The Morgan fingerprint density at radius 2 is 1.94 bits per heavy atom. The van der Waals surface area contributed by atoms with Crippen molar-refractivity contribution in [1.29, 1.82) is 0 Å². The van der Waals surface area contributed by atoms with E-state index in [0.29, 0.717) is 17.1 Å². The number of hydrogen-bond acceptors (Lipinski definition) is 4. The van der Waals surface area contributed by atoms with E-state index < -0.39 is 18.0 Å². The molecule has 1 heterocycles. The summed E-state index contributed by atoms with van der Waals surface area (Å²) in [7, 11) is 3.03. The molecule has 90 valence electrons. The van der Waals surface area contributed by atoms with Crippen LogP contribution in [0, 0.1) is 0 Å². The lowest BCUT2D eigenvalue weighted by Gasteiger charge is -2.13.